The number of allylic oxidation sites excluding steroid dienone is 1. The van der Waals surface area contributed by atoms with Crippen molar-refractivity contribution in [2.24, 2.45) is 0 Å². The minimum absolute atomic E-state index is 0.0145. The van der Waals surface area contributed by atoms with Gasteiger partial charge in [0.2, 0.25) is 0 Å². The summed E-state index contributed by atoms with van der Waals surface area (Å²) < 4.78 is 0. The van der Waals surface area contributed by atoms with E-state index in [9.17, 15) is 14.9 Å². The van der Waals surface area contributed by atoms with Crippen molar-refractivity contribution in [1.82, 2.24) is 0 Å². The molecule has 0 radical (unpaired) electrons. The molecule has 3 aromatic carbocycles. The summed E-state index contributed by atoms with van der Waals surface area (Å²) in [5.41, 5.74) is 3.37. The molecule has 4 rings (SSSR count). The fourth-order valence-corrected chi connectivity index (χ4v) is 3.07. The van der Waals surface area contributed by atoms with Crippen molar-refractivity contribution < 1.29 is 9.72 Å². The largest absolute Gasteiger partial charge is 0.289 e. The van der Waals surface area contributed by atoms with Crippen LogP contribution in [0.1, 0.15) is 15.9 Å². The lowest BCUT2D eigenvalue weighted by atomic mass is 9.88. The predicted molar refractivity (Wildman–Crippen MR) is 89.4 cm³/mol. The predicted octanol–water partition coefficient (Wildman–Crippen LogP) is 4.62. The molecule has 0 fully saturated rings. The zero-order valence-electron chi connectivity index (χ0n) is 12.0. The number of ketones is 1. The lowest BCUT2D eigenvalue weighted by molar-refractivity contribution is -0.384. The number of hydrogen-bond acceptors (Lipinski definition) is 3. The van der Waals surface area contributed by atoms with Crippen molar-refractivity contribution in [3.05, 3.63) is 81.9 Å². The van der Waals surface area contributed by atoms with E-state index in [1.807, 2.05) is 42.5 Å². The molecule has 1 aliphatic rings. The molecule has 0 aliphatic heterocycles. The first kappa shape index (κ1) is 13.4. The average molecular weight is 301 g/mol. The Balaban J connectivity index is 2.04. The Hall–Kier alpha value is -3.27. The van der Waals surface area contributed by atoms with Gasteiger partial charge in [0.05, 0.1) is 4.92 Å². The molecular weight excluding hydrogens is 290 g/mol. The van der Waals surface area contributed by atoms with Crippen LogP contribution in [0.2, 0.25) is 0 Å². The highest BCUT2D eigenvalue weighted by Crippen LogP contribution is 2.36. The van der Waals surface area contributed by atoms with Gasteiger partial charge in [-0.2, -0.15) is 0 Å². The first-order chi connectivity index (χ1) is 11.1. The first-order valence-electron chi connectivity index (χ1n) is 7.18. The van der Waals surface area contributed by atoms with E-state index in [-0.39, 0.29) is 11.5 Å². The average Bonchev–Trinajstić information content (AvgIpc) is 2.58. The van der Waals surface area contributed by atoms with Gasteiger partial charge in [-0.15, -0.1) is 0 Å². The number of benzene rings is 3. The van der Waals surface area contributed by atoms with Gasteiger partial charge >= 0.3 is 0 Å². The summed E-state index contributed by atoms with van der Waals surface area (Å²) in [6.07, 6.45) is 3.39. The lowest BCUT2D eigenvalue weighted by Crippen LogP contribution is -2.01. The zero-order valence-corrected chi connectivity index (χ0v) is 12.0. The molecule has 0 N–H and O–H groups in total. The van der Waals surface area contributed by atoms with Crippen LogP contribution in [0.25, 0.3) is 28.0 Å². The molecular formula is C19H11NO3. The van der Waals surface area contributed by atoms with Gasteiger partial charge in [-0.1, -0.05) is 48.5 Å². The van der Waals surface area contributed by atoms with E-state index in [0.29, 0.717) is 5.56 Å². The smallest absolute Gasteiger partial charge is 0.270 e. The number of non-ortho nitro benzene ring substituents is 1. The summed E-state index contributed by atoms with van der Waals surface area (Å²) in [4.78, 5) is 22.7. The molecule has 0 heterocycles. The van der Waals surface area contributed by atoms with E-state index in [4.69, 9.17) is 0 Å². The normalized spacial score (nSPS) is 12.6. The third-order valence-corrected chi connectivity index (χ3v) is 4.12. The Morgan fingerprint density at radius 2 is 1.70 bits per heavy atom. The number of nitrogens with zero attached hydrogens (tertiary/aromatic N) is 1. The Morgan fingerprint density at radius 3 is 2.52 bits per heavy atom. The van der Waals surface area contributed by atoms with Crippen molar-refractivity contribution in [1.29, 1.82) is 0 Å². The maximum Gasteiger partial charge on any atom is 0.270 e. The molecule has 1 aliphatic carbocycles. The molecule has 0 spiro atoms. The summed E-state index contributed by atoms with van der Waals surface area (Å²) in [6.45, 7) is 0. The van der Waals surface area contributed by atoms with Crippen LogP contribution in [0, 0.1) is 10.1 Å². The first-order valence-corrected chi connectivity index (χ1v) is 7.18. The van der Waals surface area contributed by atoms with E-state index >= 15 is 0 Å². The highest BCUT2D eigenvalue weighted by Gasteiger charge is 2.17. The minimum atomic E-state index is -0.402. The van der Waals surface area contributed by atoms with Gasteiger partial charge in [0.15, 0.2) is 5.78 Å². The highest BCUT2D eigenvalue weighted by atomic mass is 16.6. The van der Waals surface area contributed by atoms with Crippen LogP contribution in [-0.2, 0) is 0 Å². The van der Waals surface area contributed by atoms with Gasteiger partial charge in [0.1, 0.15) is 0 Å². The summed E-state index contributed by atoms with van der Waals surface area (Å²) in [5.74, 6) is -0.0145. The molecule has 0 aromatic heterocycles. The number of carbonyl (C=O) groups excluding carboxylic acids is 1. The molecule has 0 bridgehead atoms. The van der Waals surface area contributed by atoms with Crippen molar-refractivity contribution in [3.8, 4) is 11.1 Å². The Labute approximate surface area is 131 Å². The van der Waals surface area contributed by atoms with Crippen LogP contribution in [0.15, 0.2) is 60.7 Å². The number of nitro benzene ring substituents is 1. The second-order valence-corrected chi connectivity index (χ2v) is 5.44. The minimum Gasteiger partial charge on any atom is -0.289 e. The number of nitro groups is 1. The van der Waals surface area contributed by atoms with Crippen LogP contribution in [0.3, 0.4) is 0 Å². The van der Waals surface area contributed by atoms with E-state index in [1.165, 1.54) is 6.07 Å². The number of rotatable bonds is 2. The summed E-state index contributed by atoms with van der Waals surface area (Å²) in [7, 11) is 0. The van der Waals surface area contributed by atoms with Gasteiger partial charge in [-0.25, -0.2) is 0 Å². The number of hydrogen-bond donors (Lipinski definition) is 0. The molecule has 0 atom stereocenters. The van der Waals surface area contributed by atoms with Gasteiger partial charge in [-0.05, 0) is 28.2 Å². The third-order valence-electron chi connectivity index (χ3n) is 4.12. The van der Waals surface area contributed by atoms with E-state index in [0.717, 1.165) is 27.5 Å². The maximum absolute atomic E-state index is 12.1. The van der Waals surface area contributed by atoms with Crippen LogP contribution in [-0.4, -0.2) is 10.7 Å². The number of carbonyl (C=O) groups is 1. The van der Waals surface area contributed by atoms with Crippen molar-refractivity contribution in [2.45, 2.75) is 0 Å². The monoisotopic (exact) mass is 301 g/mol. The second-order valence-electron chi connectivity index (χ2n) is 5.44. The molecule has 0 saturated heterocycles. The van der Waals surface area contributed by atoms with Gasteiger partial charge in [0, 0.05) is 23.1 Å². The molecule has 4 nitrogen and oxygen atoms in total. The van der Waals surface area contributed by atoms with Crippen LogP contribution < -0.4 is 0 Å². The standard InChI is InChI=1S/C19H11NO3/c21-18-10-8-12-7-9-15(16-5-2-6-17(18)19(12)16)13-3-1-4-14(11-13)20(22)23/h1-11H. The molecule has 0 amide bonds. The third kappa shape index (κ3) is 2.04. The Morgan fingerprint density at radius 1 is 0.870 bits per heavy atom. The Kier molecular flexibility index (Phi) is 2.84. The zero-order chi connectivity index (χ0) is 16.0. The Bertz CT molecular complexity index is 1020. The van der Waals surface area contributed by atoms with Crippen molar-refractivity contribution in [2.75, 3.05) is 0 Å². The van der Waals surface area contributed by atoms with E-state index in [1.54, 1.807) is 18.2 Å². The second kappa shape index (κ2) is 4.88. The van der Waals surface area contributed by atoms with Gasteiger partial charge in [0.25, 0.3) is 5.69 Å². The molecule has 0 unspecified atom stereocenters. The van der Waals surface area contributed by atoms with Crippen LogP contribution in [0.5, 0.6) is 0 Å². The van der Waals surface area contributed by atoms with Crippen molar-refractivity contribution in [3.63, 3.8) is 0 Å². The van der Waals surface area contributed by atoms with Crippen LogP contribution >= 0.6 is 0 Å². The van der Waals surface area contributed by atoms with E-state index < -0.39 is 4.92 Å². The highest BCUT2D eigenvalue weighted by molar-refractivity contribution is 6.21. The lowest BCUT2D eigenvalue weighted by Gasteiger charge is -2.15. The molecule has 4 heteroatoms. The summed E-state index contributed by atoms with van der Waals surface area (Å²) in [5, 5.41) is 12.8. The molecule has 0 saturated carbocycles. The molecule has 3 aromatic rings. The van der Waals surface area contributed by atoms with Gasteiger partial charge in [-0.3, -0.25) is 14.9 Å². The molecule has 110 valence electrons. The van der Waals surface area contributed by atoms with Gasteiger partial charge < -0.3 is 0 Å². The van der Waals surface area contributed by atoms with Crippen molar-refractivity contribution >= 4 is 28.3 Å². The maximum atomic E-state index is 12.1. The fourth-order valence-electron chi connectivity index (χ4n) is 3.07. The summed E-state index contributed by atoms with van der Waals surface area (Å²) >= 11 is 0. The van der Waals surface area contributed by atoms with Crippen LogP contribution in [0.4, 0.5) is 5.69 Å². The topological polar surface area (TPSA) is 60.2 Å². The quantitative estimate of drug-likeness (QED) is 0.512. The fraction of sp³-hybridized carbons (Fsp3) is 0. The SMILES string of the molecule is O=C1C=Cc2ccc(-c3cccc([N+](=O)[O-])c3)c3cccc1c23. The molecule has 23 heavy (non-hydrogen) atoms. The summed E-state index contributed by atoms with van der Waals surface area (Å²) in [6, 6.07) is 16.1. The van der Waals surface area contributed by atoms with E-state index in [2.05, 4.69) is 0 Å².